The first-order valence-corrected chi connectivity index (χ1v) is 9.78. The van der Waals surface area contributed by atoms with Gasteiger partial charge in [0.2, 0.25) is 0 Å². The Hall–Kier alpha value is -2.34. The van der Waals surface area contributed by atoms with Gasteiger partial charge in [-0.15, -0.1) is 0 Å². The Balaban J connectivity index is 1.90. The predicted molar refractivity (Wildman–Crippen MR) is 110 cm³/mol. The Morgan fingerprint density at radius 1 is 1.19 bits per heavy atom. The number of guanidine groups is 1. The molecular formula is C21H32N4O2. The van der Waals surface area contributed by atoms with Gasteiger partial charge in [-0.1, -0.05) is 49.3 Å². The lowest BCUT2D eigenvalue weighted by molar-refractivity contribution is 0.0258. The Bertz CT molecular complexity index is 682. The molecule has 0 saturated heterocycles. The van der Waals surface area contributed by atoms with Crippen molar-refractivity contribution in [2.45, 2.75) is 46.8 Å². The molecule has 2 rings (SSSR count). The molecule has 0 radical (unpaired) electrons. The first-order chi connectivity index (χ1) is 13.1. The van der Waals surface area contributed by atoms with Gasteiger partial charge >= 0.3 is 0 Å². The summed E-state index contributed by atoms with van der Waals surface area (Å²) >= 11 is 0. The molecule has 2 N–H and O–H groups in total. The molecule has 0 fully saturated rings. The van der Waals surface area contributed by atoms with E-state index in [0.717, 1.165) is 49.1 Å². The minimum Gasteiger partial charge on any atom is -0.378 e. The minimum absolute atomic E-state index is 0.259. The third kappa shape index (κ3) is 7.06. The van der Waals surface area contributed by atoms with E-state index < -0.39 is 0 Å². The van der Waals surface area contributed by atoms with E-state index in [-0.39, 0.29) is 6.10 Å². The number of hydrogen-bond donors (Lipinski definition) is 2. The molecule has 0 bridgehead atoms. The number of rotatable bonds is 10. The predicted octanol–water partition coefficient (Wildman–Crippen LogP) is 3.85. The number of aromatic nitrogens is 1. The van der Waals surface area contributed by atoms with Crippen LogP contribution in [0.4, 0.5) is 0 Å². The lowest BCUT2D eigenvalue weighted by Gasteiger charge is -2.21. The summed E-state index contributed by atoms with van der Waals surface area (Å²) in [4.78, 5) is 4.61. The number of nitrogens with zero attached hydrogens (tertiary/aromatic N) is 2. The van der Waals surface area contributed by atoms with Crippen LogP contribution in [0.1, 0.15) is 39.8 Å². The van der Waals surface area contributed by atoms with E-state index >= 15 is 0 Å². The van der Waals surface area contributed by atoms with Gasteiger partial charge in [-0.3, -0.25) is 0 Å². The van der Waals surface area contributed by atoms with Gasteiger partial charge in [0.15, 0.2) is 11.7 Å². The van der Waals surface area contributed by atoms with Gasteiger partial charge < -0.3 is 19.9 Å². The number of nitrogens with one attached hydrogen (secondary N) is 2. The van der Waals surface area contributed by atoms with Crippen molar-refractivity contribution in [3.05, 3.63) is 42.1 Å². The molecule has 1 aromatic carbocycles. The molecule has 0 saturated carbocycles. The van der Waals surface area contributed by atoms with E-state index in [1.807, 2.05) is 43.3 Å². The smallest absolute Gasteiger partial charge is 0.191 e. The summed E-state index contributed by atoms with van der Waals surface area (Å²) in [5, 5.41) is 10.8. The van der Waals surface area contributed by atoms with Gasteiger partial charge in [0.25, 0.3) is 0 Å². The molecular weight excluding hydrogens is 340 g/mol. The fraction of sp³-hybridized carbons (Fsp3) is 0.524. The van der Waals surface area contributed by atoms with Crippen molar-refractivity contribution in [2.75, 3.05) is 19.7 Å². The molecule has 2 aromatic rings. The van der Waals surface area contributed by atoms with Crippen molar-refractivity contribution in [3.8, 4) is 11.3 Å². The monoisotopic (exact) mass is 372 g/mol. The maximum atomic E-state index is 5.80. The standard InChI is InChI=1S/C21H32N4O2/c1-5-22-21(23-13-12-19(16(3)4)26-6-2)24-15-18-14-20(27-25-18)17-10-8-7-9-11-17/h7-11,14,16,19H,5-6,12-13,15H2,1-4H3,(H2,22,23,24). The van der Waals surface area contributed by atoms with Crippen LogP contribution in [0.15, 0.2) is 45.9 Å². The molecule has 1 aromatic heterocycles. The number of hydrogen-bond acceptors (Lipinski definition) is 4. The van der Waals surface area contributed by atoms with Crippen molar-refractivity contribution in [2.24, 2.45) is 10.9 Å². The van der Waals surface area contributed by atoms with Gasteiger partial charge in [-0.05, 0) is 26.2 Å². The van der Waals surface area contributed by atoms with E-state index in [2.05, 4.69) is 41.6 Å². The summed E-state index contributed by atoms with van der Waals surface area (Å²) in [5.74, 6) is 2.04. The zero-order valence-electron chi connectivity index (χ0n) is 16.9. The molecule has 0 aliphatic carbocycles. The number of aliphatic imine (C=N–C) groups is 1. The van der Waals surface area contributed by atoms with Crippen LogP contribution in [0, 0.1) is 5.92 Å². The van der Waals surface area contributed by atoms with E-state index in [0.29, 0.717) is 12.5 Å². The second-order valence-corrected chi connectivity index (χ2v) is 6.70. The third-order valence-corrected chi connectivity index (χ3v) is 4.21. The maximum absolute atomic E-state index is 5.80. The van der Waals surface area contributed by atoms with Crippen LogP contribution in [0.3, 0.4) is 0 Å². The van der Waals surface area contributed by atoms with Gasteiger partial charge in [-0.2, -0.15) is 0 Å². The highest BCUT2D eigenvalue weighted by Crippen LogP contribution is 2.19. The lowest BCUT2D eigenvalue weighted by Crippen LogP contribution is -2.39. The summed E-state index contributed by atoms with van der Waals surface area (Å²) in [6, 6.07) is 11.9. The highest BCUT2D eigenvalue weighted by molar-refractivity contribution is 5.79. The van der Waals surface area contributed by atoms with Crippen molar-refractivity contribution >= 4 is 5.96 Å². The first-order valence-electron chi connectivity index (χ1n) is 9.78. The summed E-state index contributed by atoms with van der Waals surface area (Å²) in [6.45, 7) is 11.3. The highest BCUT2D eigenvalue weighted by Gasteiger charge is 2.13. The zero-order valence-corrected chi connectivity index (χ0v) is 16.9. The molecule has 0 aliphatic heterocycles. The Morgan fingerprint density at radius 3 is 2.63 bits per heavy atom. The van der Waals surface area contributed by atoms with Crippen LogP contribution in [0.25, 0.3) is 11.3 Å². The van der Waals surface area contributed by atoms with Crippen LogP contribution in [0.2, 0.25) is 0 Å². The van der Waals surface area contributed by atoms with Crippen LogP contribution in [-0.2, 0) is 11.3 Å². The van der Waals surface area contributed by atoms with Crippen molar-refractivity contribution < 1.29 is 9.26 Å². The number of benzene rings is 1. The molecule has 1 atom stereocenters. The Morgan fingerprint density at radius 2 is 1.96 bits per heavy atom. The topological polar surface area (TPSA) is 71.7 Å². The van der Waals surface area contributed by atoms with Gasteiger partial charge in [0.1, 0.15) is 5.69 Å². The number of ether oxygens (including phenoxy) is 1. The SMILES string of the molecule is CCNC(=NCc1cc(-c2ccccc2)on1)NCCC(OCC)C(C)C. The molecule has 148 valence electrons. The normalized spacial score (nSPS) is 13.0. The quantitative estimate of drug-likeness (QED) is 0.490. The maximum Gasteiger partial charge on any atom is 0.191 e. The van der Waals surface area contributed by atoms with Crippen molar-refractivity contribution in [1.82, 2.24) is 15.8 Å². The van der Waals surface area contributed by atoms with Crippen LogP contribution >= 0.6 is 0 Å². The van der Waals surface area contributed by atoms with Gasteiger partial charge in [0.05, 0.1) is 12.6 Å². The summed E-state index contributed by atoms with van der Waals surface area (Å²) < 4.78 is 11.2. The summed E-state index contributed by atoms with van der Waals surface area (Å²) in [6.07, 6.45) is 1.20. The van der Waals surface area contributed by atoms with Crippen LogP contribution in [-0.4, -0.2) is 36.9 Å². The molecule has 6 nitrogen and oxygen atoms in total. The summed E-state index contributed by atoms with van der Waals surface area (Å²) in [5.41, 5.74) is 1.82. The largest absolute Gasteiger partial charge is 0.378 e. The molecule has 0 aliphatic rings. The lowest BCUT2D eigenvalue weighted by atomic mass is 10.0. The molecule has 6 heteroatoms. The average Bonchev–Trinajstić information content (AvgIpc) is 3.15. The van der Waals surface area contributed by atoms with E-state index in [1.54, 1.807) is 0 Å². The fourth-order valence-corrected chi connectivity index (χ4v) is 2.78. The average molecular weight is 373 g/mol. The van der Waals surface area contributed by atoms with Gasteiger partial charge in [-0.25, -0.2) is 4.99 Å². The molecule has 1 heterocycles. The third-order valence-electron chi connectivity index (χ3n) is 4.21. The van der Waals surface area contributed by atoms with Crippen LogP contribution < -0.4 is 10.6 Å². The van der Waals surface area contributed by atoms with Crippen molar-refractivity contribution in [3.63, 3.8) is 0 Å². The molecule has 27 heavy (non-hydrogen) atoms. The second kappa shape index (κ2) is 11.4. The Kier molecular flexibility index (Phi) is 8.84. The van der Waals surface area contributed by atoms with Crippen molar-refractivity contribution in [1.29, 1.82) is 0 Å². The fourth-order valence-electron chi connectivity index (χ4n) is 2.78. The highest BCUT2D eigenvalue weighted by atomic mass is 16.5. The second-order valence-electron chi connectivity index (χ2n) is 6.70. The minimum atomic E-state index is 0.259. The first kappa shape index (κ1) is 21.0. The van der Waals surface area contributed by atoms with Gasteiger partial charge in [0, 0.05) is 31.3 Å². The van der Waals surface area contributed by atoms with E-state index in [4.69, 9.17) is 9.26 Å². The molecule has 0 amide bonds. The summed E-state index contributed by atoms with van der Waals surface area (Å²) in [7, 11) is 0. The zero-order chi connectivity index (χ0) is 19.5. The Labute approximate surface area is 162 Å². The van der Waals surface area contributed by atoms with E-state index in [1.165, 1.54) is 0 Å². The van der Waals surface area contributed by atoms with E-state index in [9.17, 15) is 0 Å². The molecule has 1 unspecified atom stereocenters. The van der Waals surface area contributed by atoms with Crippen LogP contribution in [0.5, 0.6) is 0 Å². The molecule has 0 spiro atoms.